The van der Waals surface area contributed by atoms with Gasteiger partial charge in [-0.2, -0.15) is 0 Å². The second-order valence-corrected chi connectivity index (χ2v) is 5.38. The molecular formula is C17H13ClFNO2. The molecule has 0 radical (unpaired) electrons. The Balaban J connectivity index is 1.83. The van der Waals surface area contributed by atoms with Gasteiger partial charge in [0.2, 0.25) is 0 Å². The van der Waals surface area contributed by atoms with Crippen LogP contribution < -0.4 is 5.32 Å². The summed E-state index contributed by atoms with van der Waals surface area (Å²) in [4.78, 5) is 12.3. The lowest BCUT2D eigenvalue weighted by molar-refractivity contribution is 0.0924. The molecule has 0 unspecified atom stereocenters. The summed E-state index contributed by atoms with van der Waals surface area (Å²) in [6.45, 7) is 2.03. The summed E-state index contributed by atoms with van der Waals surface area (Å²) >= 11 is 6.05. The zero-order valence-corrected chi connectivity index (χ0v) is 12.6. The number of hydrogen-bond donors (Lipinski definition) is 1. The van der Waals surface area contributed by atoms with E-state index >= 15 is 0 Å². The van der Waals surface area contributed by atoms with E-state index in [1.807, 2.05) is 18.2 Å². The summed E-state index contributed by atoms with van der Waals surface area (Å²) in [5.41, 5.74) is 1.92. The van der Waals surface area contributed by atoms with Gasteiger partial charge in [0, 0.05) is 22.5 Å². The molecule has 0 bridgehead atoms. The second-order valence-electron chi connectivity index (χ2n) is 4.97. The van der Waals surface area contributed by atoms with Gasteiger partial charge in [0.15, 0.2) is 5.76 Å². The van der Waals surface area contributed by atoms with Gasteiger partial charge in [0.1, 0.15) is 11.4 Å². The largest absolute Gasteiger partial charge is 0.451 e. The molecule has 3 nitrogen and oxygen atoms in total. The lowest BCUT2D eigenvalue weighted by atomic mass is 10.1. The van der Waals surface area contributed by atoms with Crippen LogP contribution in [0.25, 0.3) is 11.0 Å². The van der Waals surface area contributed by atoms with Crippen molar-refractivity contribution in [2.75, 3.05) is 0 Å². The van der Waals surface area contributed by atoms with E-state index in [1.165, 1.54) is 18.2 Å². The van der Waals surface area contributed by atoms with Crippen LogP contribution >= 0.6 is 11.6 Å². The van der Waals surface area contributed by atoms with Gasteiger partial charge in [-0.1, -0.05) is 29.8 Å². The molecular weight excluding hydrogens is 305 g/mol. The number of halogens is 2. The number of nitrogens with one attached hydrogen (secondary N) is 1. The number of fused-ring (bicyclic) bond motifs is 1. The van der Waals surface area contributed by atoms with Gasteiger partial charge in [0.25, 0.3) is 5.91 Å². The van der Waals surface area contributed by atoms with Crippen molar-refractivity contribution in [2.24, 2.45) is 0 Å². The van der Waals surface area contributed by atoms with E-state index in [-0.39, 0.29) is 17.5 Å². The van der Waals surface area contributed by atoms with Gasteiger partial charge in [-0.15, -0.1) is 0 Å². The average Bonchev–Trinajstić information content (AvgIpc) is 2.83. The molecule has 22 heavy (non-hydrogen) atoms. The molecule has 1 amide bonds. The number of hydrogen-bond acceptors (Lipinski definition) is 2. The molecule has 0 atom stereocenters. The maximum atomic E-state index is 13.3. The van der Waals surface area contributed by atoms with Gasteiger partial charge in [-0.05, 0) is 36.8 Å². The maximum absolute atomic E-state index is 13.3. The number of benzene rings is 2. The Morgan fingerprint density at radius 1 is 1.27 bits per heavy atom. The van der Waals surface area contributed by atoms with Crippen molar-refractivity contribution in [1.82, 2.24) is 5.32 Å². The van der Waals surface area contributed by atoms with Gasteiger partial charge in [-0.25, -0.2) is 4.39 Å². The predicted octanol–water partition coefficient (Wildman–Crippen LogP) is 4.46. The Kier molecular flexibility index (Phi) is 3.86. The van der Waals surface area contributed by atoms with Crippen molar-refractivity contribution in [3.05, 3.63) is 70.2 Å². The fraction of sp³-hybridized carbons (Fsp3) is 0.118. The minimum atomic E-state index is -0.362. The van der Waals surface area contributed by atoms with Crippen LogP contribution in [0, 0.1) is 12.7 Å². The first kappa shape index (κ1) is 14.6. The third-order valence-corrected chi connectivity index (χ3v) is 3.87. The molecule has 0 spiro atoms. The van der Waals surface area contributed by atoms with Gasteiger partial charge in [-0.3, -0.25) is 4.79 Å². The highest BCUT2D eigenvalue weighted by Gasteiger charge is 2.18. The number of furan rings is 1. The zero-order valence-electron chi connectivity index (χ0n) is 11.8. The monoisotopic (exact) mass is 317 g/mol. The van der Waals surface area contributed by atoms with Crippen molar-refractivity contribution in [3.63, 3.8) is 0 Å². The summed E-state index contributed by atoms with van der Waals surface area (Å²) in [5.74, 6) is -0.527. The first-order chi connectivity index (χ1) is 10.6. The van der Waals surface area contributed by atoms with Crippen molar-refractivity contribution in [1.29, 1.82) is 0 Å². The van der Waals surface area contributed by atoms with Crippen LogP contribution in [0.1, 0.15) is 21.7 Å². The van der Waals surface area contributed by atoms with Gasteiger partial charge >= 0.3 is 0 Å². The summed E-state index contributed by atoms with van der Waals surface area (Å²) in [6, 6.07) is 11.5. The second kappa shape index (κ2) is 5.81. The highest BCUT2D eigenvalue weighted by Crippen LogP contribution is 2.26. The van der Waals surface area contributed by atoms with Gasteiger partial charge < -0.3 is 9.73 Å². The third-order valence-electron chi connectivity index (χ3n) is 3.50. The number of aryl methyl sites for hydroxylation is 1. The van der Waals surface area contributed by atoms with Crippen molar-refractivity contribution in [2.45, 2.75) is 13.5 Å². The fourth-order valence-electron chi connectivity index (χ4n) is 2.31. The molecule has 1 N–H and O–H groups in total. The Labute approximate surface area is 131 Å². The van der Waals surface area contributed by atoms with E-state index in [2.05, 4.69) is 5.32 Å². The Morgan fingerprint density at radius 2 is 2.05 bits per heavy atom. The van der Waals surface area contributed by atoms with E-state index < -0.39 is 0 Å². The van der Waals surface area contributed by atoms with Gasteiger partial charge in [0.05, 0.1) is 0 Å². The normalized spacial score (nSPS) is 10.9. The van der Waals surface area contributed by atoms with Crippen molar-refractivity contribution >= 4 is 28.5 Å². The summed E-state index contributed by atoms with van der Waals surface area (Å²) < 4.78 is 18.8. The molecule has 0 saturated carbocycles. The summed E-state index contributed by atoms with van der Waals surface area (Å²) in [6.07, 6.45) is 0. The molecule has 3 aromatic rings. The zero-order chi connectivity index (χ0) is 15.7. The van der Waals surface area contributed by atoms with Crippen molar-refractivity contribution < 1.29 is 13.6 Å². The Hall–Kier alpha value is -2.33. The van der Waals surface area contributed by atoms with Crippen LogP contribution in [0.4, 0.5) is 4.39 Å². The molecule has 1 heterocycles. The van der Waals surface area contributed by atoms with E-state index in [4.69, 9.17) is 16.0 Å². The highest BCUT2D eigenvalue weighted by molar-refractivity contribution is 6.31. The average molecular weight is 318 g/mol. The maximum Gasteiger partial charge on any atom is 0.287 e. The smallest absolute Gasteiger partial charge is 0.287 e. The number of carbonyl (C=O) groups is 1. The first-order valence-corrected chi connectivity index (χ1v) is 7.14. The lowest BCUT2D eigenvalue weighted by Gasteiger charge is -2.05. The molecule has 5 heteroatoms. The molecule has 0 aliphatic rings. The van der Waals surface area contributed by atoms with Crippen molar-refractivity contribution in [3.8, 4) is 0 Å². The topological polar surface area (TPSA) is 42.2 Å². The molecule has 0 aliphatic carbocycles. The van der Waals surface area contributed by atoms with Crippen LogP contribution in [0.15, 0.2) is 46.9 Å². The fourth-order valence-corrected chi connectivity index (χ4v) is 2.51. The van der Waals surface area contributed by atoms with E-state index in [9.17, 15) is 9.18 Å². The molecule has 0 aliphatic heterocycles. The third kappa shape index (κ3) is 2.70. The number of carbonyl (C=O) groups excluding carboxylic acids is 1. The van der Waals surface area contributed by atoms with E-state index in [0.717, 1.165) is 5.56 Å². The molecule has 112 valence electrons. The summed E-state index contributed by atoms with van der Waals surface area (Å²) in [7, 11) is 0. The molecule has 1 aromatic heterocycles. The minimum Gasteiger partial charge on any atom is -0.451 e. The number of amides is 1. The first-order valence-electron chi connectivity index (χ1n) is 6.76. The Bertz CT molecular complexity index is 857. The number of rotatable bonds is 3. The molecule has 0 fully saturated rings. The lowest BCUT2D eigenvalue weighted by Crippen LogP contribution is -2.23. The molecule has 0 saturated heterocycles. The summed E-state index contributed by atoms with van der Waals surface area (Å²) in [5, 5.41) is 3.95. The van der Waals surface area contributed by atoms with E-state index in [0.29, 0.717) is 28.1 Å². The van der Waals surface area contributed by atoms with E-state index in [1.54, 1.807) is 13.0 Å². The van der Waals surface area contributed by atoms with Crippen LogP contribution in [0.5, 0.6) is 0 Å². The Morgan fingerprint density at radius 3 is 2.82 bits per heavy atom. The van der Waals surface area contributed by atoms with Crippen LogP contribution in [0.2, 0.25) is 5.02 Å². The highest BCUT2D eigenvalue weighted by atomic mass is 35.5. The standard InChI is InChI=1S/C17H13ClFNO2/c1-10-13-8-12(19)6-7-15(13)22-16(10)17(21)20-9-11-4-2-3-5-14(11)18/h2-8H,9H2,1H3,(H,20,21). The van der Waals surface area contributed by atoms with Crippen LogP contribution in [-0.2, 0) is 6.54 Å². The SMILES string of the molecule is Cc1c(C(=O)NCc2ccccc2Cl)oc2ccc(F)cc12. The molecule has 3 rings (SSSR count). The van der Waals surface area contributed by atoms with Crippen LogP contribution in [-0.4, -0.2) is 5.91 Å². The minimum absolute atomic E-state index is 0.188. The van der Waals surface area contributed by atoms with Crippen LogP contribution in [0.3, 0.4) is 0 Å². The quantitative estimate of drug-likeness (QED) is 0.774. The predicted molar refractivity (Wildman–Crippen MR) is 83.5 cm³/mol. The molecule has 2 aromatic carbocycles.